The van der Waals surface area contributed by atoms with Crippen molar-refractivity contribution in [1.82, 2.24) is 4.31 Å². The van der Waals surface area contributed by atoms with Gasteiger partial charge in [-0.05, 0) is 11.1 Å². The van der Waals surface area contributed by atoms with Crippen LogP contribution in [0.3, 0.4) is 0 Å². The maximum absolute atomic E-state index is 12.2. The maximum atomic E-state index is 12.2. The molecule has 0 atom stereocenters. The summed E-state index contributed by atoms with van der Waals surface area (Å²) in [5, 5.41) is 0. The van der Waals surface area contributed by atoms with Gasteiger partial charge >= 0.3 is 0 Å². The number of hydrogen-bond donors (Lipinski definition) is 1. The lowest BCUT2D eigenvalue weighted by atomic mass is 10.1. The predicted octanol–water partition coefficient (Wildman–Crippen LogP) is 0.307. The third kappa shape index (κ3) is 3.29. The van der Waals surface area contributed by atoms with E-state index < -0.39 is 10.0 Å². The average Bonchev–Trinajstić information content (AvgIpc) is 2.40. The quantitative estimate of drug-likeness (QED) is 0.854. The number of morpholine rings is 1. The Labute approximate surface area is 108 Å². The normalized spacial score (nSPS) is 17.8. The van der Waals surface area contributed by atoms with Crippen molar-refractivity contribution in [3.63, 3.8) is 0 Å². The molecule has 2 N–H and O–H groups in total. The van der Waals surface area contributed by atoms with Crippen LogP contribution >= 0.6 is 0 Å². The summed E-state index contributed by atoms with van der Waals surface area (Å²) in [6.07, 6.45) is 0. The van der Waals surface area contributed by atoms with Crippen LogP contribution < -0.4 is 5.73 Å². The molecule has 0 radical (unpaired) electrons. The van der Waals surface area contributed by atoms with Crippen molar-refractivity contribution in [1.29, 1.82) is 0 Å². The Kier molecular flexibility index (Phi) is 4.34. The number of hydrogen-bond acceptors (Lipinski definition) is 4. The molecule has 1 fully saturated rings. The summed E-state index contributed by atoms with van der Waals surface area (Å²) in [6.45, 7) is 2.32. The Hall–Kier alpha value is -0.950. The second kappa shape index (κ2) is 5.79. The van der Waals surface area contributed by atoms with E-state index in [4.69, 9.17) is 10.5 Å². The van der Waals surface area contributed by atoms with Crippen LogP contribution in [-0.2, 0) is 27.1 Å². The summed E-state index contributed by atoms with van der Waals surface area (Å²) in [6, 6.07) is 7.37. The molecular formula is C12H18N2O3S. The van der Waals surface area contributed by atoms with Crippen LogP contribution in [0, 0.1) is 0 Å². The summed E-state index contributed by atoms with van der Waals surface area (Å²) < 4.78 is 31.0. The first-order valence-corrected chi connectivity index (χ1v) is 7.56. The molecule has 0 bridgehead atoms. The highest BCUT2D eigenvalue weighted by molar-refractivity contribution is 7.88. The van der Waals surface area contributed by atoms with Crippen LogP contribution in [0.25, 0.3) is 0 Å². The van der Waals surface area contributed by atoms with Crippen molar-refractivity contribution < 1.29 is 13.2 Å². The molecule has 100 valence electrons. The minimum absolute atomic E-state index is 0.0395. The summed E-state index contributed by atoms with van der Waals surface area (Å²) in [4.78, 5) is 0. The second-order valence-corrected chi connectivity index (χ2v) is 6.26. The van der Waals surface area contributed by atoms with E-state index in [1.54, 1.807) is 0 Å². The monoisotopic (exact) mass is 270 g/mol. The van der Waals surface area contributed by atoms with E-state index in [2.05, 4.69) is 0 Å². The molecule has 2 rings (SSSR count). The van der Waals surface area contributed by atoms with Gasteiger partial charge < -0.3 is 10.5 Å². The van der Waals surface area contributed by atoms with Gasteiger partial charge in [-0.3, -0.25) is 0 Å². The Morgan fingerprint density at radius 1 is 1.11 bits per heavy atom. The first-order chi connectivity index (χ1) is 8.62. The smallest absolute Gasteiger partial charge is 0.218 e. The van der Waals surface area contributed by atoms with Gasteiger partial charge in [-0.15, -0.1) is 0 Å². The fourth-order valence-corrected chi connectivity index (χ4v) is 3.40. The Morgan fingerprint density at radius 2 is 1.67 bits per heavy atom. The van der Waals surface area contributed by atoms with Gasteiger partial charge in [-0.25, -0.2) is 8.42 Å². The van der Waals surface area contributed by atoms with Crippen molar-refractivity contribution >= 4 is 10.0 Å². The van der Waals surface area contributed by atoms with Crippen LogP contribution in [0.15, 0.2) is 24.3 Å². The number of ether oxygens (including phenoxy) is 1. The molecule has 1 aliphatic heterocycles. The molecule has 0 aromatic heterocycles. The molecule has 1 heterocycles. The first-order valence-electron chi connectivity index (χ1n) is 5.95. The largest absolute Gasteiger partial charge is 0.379 e. The highest BCUT2D eigenvalue weighted by atomic mass is 32.2. The molecule has 1 aromatic carbocycles. The molecule has 1 aliphatic rings. The molecule has 1 aromatic rings. The Bertz CT molecular complexity index is 479. The van der Waals surface area contributed by atoms with Gasteiger partial charge in [-0.2, -0.15) is 4.31 Å². The number of nitrogens with zero attached hydrogens (tertiary/aromatic N) is 1. The lowest BCUT2D eigenvalue weighted by Crippen LogP contribution is -2.41. The zero-order valence-electron chi connectivity index (χ0n) is 10.2. The number of sulfonamides is 1. The van der Waals surface area contributed by atoms with E-state index in [0.29, 0.717) is 32.8 Å². The van der Waals surface area contributed by atoms with Gasteiger partial charge in [0.2, 0.25) is 10.0 Å². The fourth-order valence-electron chi connectivity index (χ4n) is 1.90. The highest BCUT2D eigenvalue weighted by Gasteiger charge is 2.24. The molecular weight excluding hydrogens is 252 g/mol. The molecule has 0 aliphatic carbocycles. The SMILES string of the molecule is NCc1ccc(CS(=O)(=O)N2CCOCC2)cc1. The van der Waals surface area contributed by atoms with Crippen LogP contribution in [0.2, 0.25) is 0 Å². The second-order valence-electron chi connectivity index (χ2n) is 4.29. The van der Waals surface area contributed by atoms with Gasteiger partial charge in [-0.1, -0.05) is 24.3 Å². The summed E-state index contributed by atoms with van der Waals surface area (Å²) >= 11 is 0. The minimum atomic E-state index is -3.23. The van der Waals surface area contributed by atoms with Gasteiger partial charge in [0.05, 0.1) is 19.0 Å². The van der Waals surface area contributed by atoms with E-state index in [1.165, 1.54) is 4.31 Å². The van der Waals surface area contributed by atoms with Gasteiger partial charge in [0.25, 0.3) is 0 Å². The van der Waals surface area contributed by atoms with Gasteiger partial charge in [0, 0.05) is 19.6 Å². The lowest BCUT2D eigenvalue weighted by Gasteiger charge is -2.26. The molecule has 0 spiro atoms. The van der Waals surface area contributed by atoms with E-state index >= 15 is 0 Å². The molecule has 0 unspecified atom stereocenters. The van der Waals surface area contributed by atoms with Crippen molar-refractivity contribution in [3.05, 3.63) is 35.4 Å². The van der Waals surface area contributed by atoms with E-state index in [9.17, 15) is 8.42 Å². The van der Waals surface area contributed by atoms with Crippen LogP contribution in [-0.4, -0.2) is 39.0 Å². The zero-order valence-corrected chi connectivity index (χ0v) is 11.0. The Balaban J connectivity index is 2.06. The van der Waals surface area contributed by atoms with Crippen molar-refractivity contribution in [3.8, 4) is 0 Å². The number of nitrogens with two attached hydrogens (primary N) is 1. The van der Waals surface area contributed by atoms with Crippen LogP contribution in [0.5, 0.6) is 0 Å². The van der Waals surface area contributed by atoms with Crippen LogP contribution in [0.4, 0.5) is 0 Å². The summed E-state index contributed by atoms with van der Waals surface area (Å²) in [7, 11) is -3.23. The number of benzene rings is 1. The minimum Gasteiger partial charge on any atom is -0.379 e. The Morgan fingerprint density at radius 3 is 2.22 bits per heavy atom. The van der Waals surface area contributed by atoms with E-state index in [-0.39, 0.29) is 5.75 Å². The zero-order chi connectivity index (χ0) is 13.0. The van der Waals surface area contributed by atoms with E-state index in [0.717, 1.165) is 11.1 Å². The first kappa shape index (κ1) is 13.5. The standard InChI is InChI=1S/C12H18N2O3S/c13-9-11-1-3-12(4-2-11)10-18(15,16)14-5-7-17-8-6-14/h1-4H,5-10,13H2. The van der Waals surface area contributed by atoms with Crippen LogP contribution in [0.1, 0.15) is 11.1 Å². The fraction of sp³-hybridized carbons (Fsp3) is 0.500. The lowest BCUT2D eigenvalue weighted by molar-refractivity contribution is 0.0729. The van der Waals surface area contributed by atoms with Crippen molar-refractivity contribution in [2.45, 2.75) is 12.3 Å². The molecule has 5 nitrogen and oxygen atoms in total. The van der Waals surface area contributed by atoms with Crippen molar-refractivity contribution in [2.24, 2.45) is 5.73 Å². The third-order valence-electron chi connectivity index (χ3n) is 2.97. The molecule has 6 heteroatoms. The van der Waals surface area contributed by atoms with E-state index in [1.807, 2.05) is 24.3 Å². The predicted molar refractivity (Wildman–Crippen MR) is 69.3 cm³/mol. The topological polar surface area (TPSA) is 72.6 Å². The highest BCUT2D eigenvalue weighted by Crippen LogP contribution is 2.13. The molecule has 0 amide bonds. The van der Waals surface area contributed by atoms with Crippen molar-refractivity contribution in [2.75, 3.05) is 26.3 Å². The molecule has 18 heavy (non-hydrogen) atoms. The number of rotatable bonds is 4. The molecule has 1 saturated heterocycles. The maximum Gasteiger partial charge on any atom is 0.218 e. The third-order valence-corrected chi connectivity index (χ3v) is 4.82. The van der Waals surface area contributed by atoms with Gasteiger partial charge in [0.1, 0.15) is 0 Å². The summed E-state index contributed by atoms with van der Waals surface area (Å²) in [5.41, 5.74) is 7.30. The molecule has 0 saturated carbocycles. The average molecular weight is 270 g/mol. The summed E-state index contributed by atoms with van der Waals surface area (Å²) in [5.74, 6) is 0.0395. The van der Waals surface area contributed by atoms with Gasteiger partial charge in [0.15, 0.2) is 0 Å².